The van der Waals surface area contributed by atoms with Gasteiger partial charge in [0, 0.05) is 22.7 Å². The number of imide groups is 1. The molecule has 2 aromatic rings. The fraction of sp³-hybridized carbons (Fsp3) is 0.0714. The van der Waals surface area contributed by atoms with E-state index in [0.29, 0.717) is 10.5 Å². The van der Waals surface area contributed by atoms with Crippen LogP contribution in [0.25, 0.3) is 17.0 Å². The van der Waals surface area contributed by atoms with E-state index in [1.807, 2.05) is 0 Å². The van der Waals surface area contributed by atoms with Crippen LogP contribution >= 0.6 is 11.8 Å². The van der Waals surface area contributed by atoms with Crippen molar-refractivity contribution in [3.05, 3.63) is 40.4 Å². The zero-order valence-electron chi connectivity index (χ0n) is 10.9. The highest BCUT2D eigenvalue weighted by Gasteiger charge is 2.25. The molecule has 1 aliphatic rings. The van der Waals surface area contributed by atoms with Crippen molar-refractivity contribution >= 4 is 45.9 Å². The van der Waals surface area contributed by atoms with Gasteiger partial charge in [-0.3, -0.25) is 14.9 Å². The highest BCUT2D eigenvalue weighted by Crippen LogP contribution is 2.28. The van der Waals surface area contributed by atoms with Crippen LogP contribution in [0.3, 0.4) is 0 Å². The molecular formula is C14H10N2O4S. The zero-order chi connectivity index (χ0) is 15.0. The lowest BCUT2D eigenvalue weighted by atomic mass is 10.1. The summed E-state index contributed by atoms with van der Waals surface area (Å²) in [5.74, 6) is -0.812. The third kappa shape index (κ3) is 2.43. The maximum absolute atomic E-state index is 11.5. The lowest BCUT2D eigenvalue weighted by Gasteiger charge is -1.99. The van der Waals surface area contributed by atoms with E-state index in [4.69, 9.17) is 0 Å². The number of aromatic nitrogens is 1. The molecular weight excluding hydrogens is 292 g/mol. The smallest absolute Gasteiger partial charge is 0.337 e. The summed E-state index contributed by atoms with van der Waals surface area (Å²) in [6, 6.07) is 5.09. The predicted octanol–water partition coefficient (Wildman–Crippen LogP) is 2.28. The lowest BCUT2D eigenvalue weighted by Crippen LogP contribution is -2.17. The van der Waals surface area contributed by atoms with Gasteiger partial charge < -0.3 is 9.72 Å². The number of fused-ring (bicyclic) bond motifs is 1. The average molecular weight is 302 g/mol. The molecule has 1 aromatic heterocycles. The number of rotatable bonds is 2. The molecule has 2 amide bonds. The minimum Gasteiger partial charge on any atom is -0.465 e. The molecule has 21 heavy (non-hydrogen) atoms. The number of thioether (sulfide) groups is 1. The number of aromatic amines is 1. The second kappa shape index (κ2) is 5.10. The third-order valence-corrected chi connectivity index (χ3v) is 3.87. The van der Waals surface area contributed by atoms with E-state index in [2.05, 4.69) is 15.0 Å². The molecule has 1 saturated heterocycles. The number of H-pyrrole nitrogens is 1. The minimum absolute atomic E-state index is 0.345. The largest absolute Gasteiger partial charge is 0.465 e. The average Bonchev–Trinajstić information content (AvgIpc) is 3.01. The summed E-state index contributed by atoms with van der Waals surface area (Å²) in [6.45, 7) is 0. The summed E-state index contributed by atoms with van der Waals surface area (Å²) in [4.78, 5) is 37.5. The van der Waals surface area contributed by atoms with E-state index in [-0.39, 0.29) is 5.24 Å². The van der Waals surface area contributed by atoms with Gasteiger partial charge in [0.05, 0.1) is 17.6 Å². The second-order valence-electron chi connectivity index (χ2n) is 4.35. The van der Waals surface area contributed by atoms with Gasteiger partial charge in [0.15, 0.2) is 0 Å². The van der Waals surface area contributed by atoms with Crippen LogP contribution in [0.2, 0.25) is 0 Å². The van der Waals surface area contributed by atoms with E-state index in [1.165, 1.54) is 7.11 Å². The standard InChI is InChI=1S/C14H10N2O4S/c1-20-13(18)7-2-3-9-8(6-15-10(9)4-7)5-11-12(17)16-14(19)21-11/h2-6,15H,1H3,(H,16,17,19)/b11-5+. The molecule has 106 valence electrons. The maximum Gasteiger partial charge on any atom is 0.337 e. The monoisotopic (exact) mass is 302 g/mol. The topological polar surface area (TPSA) is 88.3 Å². The Balaban J connectivity index is 2.02. The van der Waals surface area contributed by atoms with Gasteiger partial charge in [-0.25, -0.2) is 4.79 Å². The van der Waals surface area contributed by atoms with Crippen molar-refractivity contribution in [2.24, 2.45) is 0 Å². The maximum atomic E-state index is 11.5. The number of hydrogen-bond acceptors (Lipinski definition) is 5. The van der Waals surface area contributed by atoms with E-state index >= 15 is 0 Å². The number of methoxy groups -OCH3 is 1. The first-order valence-electron chi connectivity index (χ1n) is 6.03. The van der Waals surface area contributed by atoms with Crippen molar-refractivity contribution < 1.29 is 19.1 Å². The molecule has 3 rings (SSSR count). The summed E-state index contributed by atoms with van der Waals surface area (Å²) in [7, 11) is 1.32. The molecule has 0 radical (unpaired) electrons. The molecule has 1 aromatic carbocycles. The van der Waals surface area contributed by atoms with Gasteiger partial charge in [-0.05, 0) is 30.0 Å². The van der Waals surface area contributed by atoms with Crippen molar-refractivity contribution in [2.45, 2.75) is 0 Å². The molecule has 0 unspecified atom stereocenters. The molecule has 7 heteroatoms. The third-order valence-electron chi connectivity index (χ3n) is 3.06. The van der Waals surface area contributed by atoms with Crippen LogP contribution in [0, 0.1) is 0 Å². The number of carbonyl (C=O) groups is 3. The first-order chi connectivity index (χ1) is 10.1. The van der Waals surface area contributed by atoms with E-state index in [9.17, 15) is 14.4 Å². The number of carbonyl (C=O) groups excluding carboxylic acids is 3. The molecule has 1 aliphatic heterocycles. The predicted molar refractivity (Wildman–Crippen MR) is 78.7 cm³/mol. The normalized spacial score (nSPS) is 16.5. The first-order valence-corrected chi connectivity index (χ1v) is 6.84. The van der Waals surface area contributed by atoms with Gasteiger partial charge in [0.25, 0.3) is 11.1 Å². The van der Waals surface area contributed by atoms with Crippen LogP contribution in [-0.4, -0.2) is 29.2 Å². The lowest BCUT2D eigenvalue weighted by molar-refractivity contribution is -0.115. The van der Waals surface area contributed by atoms with Gasteiger partial charge in [-0.2, -0.15) is 0 Å². The quantitative estimate of drug-likeness (QED) is 0.656. The number of esters is 1. The Bertz CT molecular complexity index is 806. The minimum atomic E-state index is -0.414. The van der Waals surface area contributed by atoms with Crippen LogP contribution in [0.15, 0.2) is 29.3 Å². The molecule has 0 aliphatic carbocycles. The number of amides is 2. The number of benzene rings is 1. The fourth-order valence-electron chi connectivity index (χ4n) is 2.08. The van der Waals surface area contributed by atoms with Gasteiger partial charge in [0.2, 0.25) is 0 Å². The summed E-state index contributed by atoms with van der Waals surface area (Å²) in [6.07, 6.45) is 3.36. The van der Waals surface area contributed by atoms with Crippen molar-refractivity contribution in [3.63, 3.8) is 0 Å². The first kappa shape index (κ1) is 13.4. The van der Waals surface area contributed by atoms with E-state index in [0.717, 1.165) is 28.2 Å². The number of nitrogens with one attached hydrogen (secondary N) is 2. The van der Waals surface area contributed by atoms with Gasteiger partial charge in [-0.15, -0.1) is 0 Å². The van der Waals surface area contributed by atoms with Gasteiger partial charge in [-0.1, -0.05) is 6.07 Å². The van der Waals surface area contributed by atoms with Crippen LogP contribution in [-0.2, 0) is 9.53 Å². The molecule has 0 atom stereocenters. The Morgan fingerprint density at radius 3 is 2.81 bits per heavy atom. The van der Waals surface area contributed by atoms with Crippen LogP contribution in [0.1, 0.15) is 15.9 Å². The summed E-state index contributed by atoms with van der Waals surface area (Å²) >= 11 is 0.866. The van der Waals surface area contributed by atoms with Crippen molar-refractivity contribution in [3.8, 4) is 0 Å². The summed E-state index contributed by atoms with van der Waals surface area (Å²) in [5, 5.41) is 2.68. The second-order valence-corrected chi connectivity index (χ2v) is 5.36. The highest BCUT2D eigenvalue weighted by atomic mass is 32.2. The molecule has 0 spiro atoms. The Labute approximate surface area is 123 Å². The summed E-state index contributed by atoms with van der Waals surface area (Å²) < 4.78 is 4.67. The summed E-state index contributed by atoms with van der Waals surface area (Å²) in [5.41, 5.74) is 1.96. The Morgan fingerprint density at radius 2 is 2.14 bits per heavy atom. The molecule has 1 fully saturated rings. The van der Waals surface area contributed by atoms with Crippen LogP contribution in [0.4, 0.5) is 4.79 Å². The van der Waals surface area contributed by atoms with E-state index in [1.54, 1.807) is 30.5 Å². The molecule has 2 heterocycles. The fourth-order valence-corrected chi connectivity index (χ4v) is 2.75. The number of ether oxygens (including phenoxy) is 1. The Hall–Kier alpha value is -2.54. The highest BCUT2D eigenvalue weighted by molar-refractivity contribution is 8.18. The molecule has 0 saturated carbocycles. The van der Waals surface area contributed by atoms with Crippen molar-refractivity contribution in [1.29, 1.82) is 0 Å². The van der Waals surface area contributed by atoms with Crippen molar-refractivity contribution in [1.82, 2.24) is 10.3 Å². The molecule has 2 N–H and O–H groups in total. The Morgan fingerprint density at radius 1 is 1.33 bits per heavy atom. The SMILES string of the molecule is COC(=O)c1ccc2c(/C=C3/SC(=O)NC3=O)c[nH]c2c1. The molecule has 0 bridgehead atoms. The molecule has 6 nitrogen and oxygen atoms in total. The van der Waals surface area contributed by atoms with Crippen LogP contribution in [0.5, 0.6) is 0 Å². The van der Waals surface area contributed by atoms with Gasteiger partial charge in [0.1, 0.15) is 0 Å². The zero-order valence-corrected chi connectivity index (χ0v) is 11.7. The van der Waals surface area contributed by atoms with Crippen molar-refractivity contribution in [2.75, 3.05) is 7.11 Å². The Kier molecular flexibility index (Phi) is 3.26. The van der Waals surface area contributed by atoms with E-state index < -0.39 is 11.9 Å². The number of hydrogen-bond donors (Lipinski definition) is 2. The van der Waals surface area contributed by atoms with Gasteiger partial charge >= 0.3 is 5.97 Å². The van der Waals surface area contributed by atoms with Crippen LogP contribution < -0.4 is 5.32 Å².